The zero-order valence-corrected chi connectivity index (χ0v) is 14.2. The van der Waals surface area contributed by atoms with Gasteiger partial charge in [-0.1, -0.05) is 13.8 Å². The highest BCUT2D eigenvalue weighted by atomic mass is 15.3. The van der Waals surface area contributed by atoms with Gasteiger partial charge in [-0.2, -0.15) is 0 Å². The van der Waals surface area contributed by atoms with Crippen molar-refractivity contribution in [1.29, 1.82) is 0 Å². The Morgan fingerprint density at radius 3 is 2.43 bits per heavy atom. The van der Waals surface area contributed by atoms with Crippen LogP contribution in [0, 0.1) is 0 Å². The van der Waals surface area contributed by atoms with Crippen LogP contribution in [0.4, 0.5) is 5.82 Å². The van der Waals surface area contributed by atoms with E-state index in [1.165, 1.54) is 11.3 Å². The van der Waals surface area contributed by atoms with E-state index in [-0.39, 0.29) is 0 Å². The van der Waals surface area contributed by atoms with Crippen molar-refractivity contribution in [2.45, 2.75) is 52.7 Å². The average molecular weight is 290 g/mol. The lowest BCUT2D eigenvalue weighted by molar-refractivity contribution is 0.169. The molecule has 2 heterocycles. The second-order valence-corrected chi connectivity index (χ2v) is 6.23. The highest BCUT2D eigenvalue weighted by Gasteiger charge is 2.27. The molecule has 0 saturated carbocycles. The average Bonchev–Trinajstić information content (AvgIpc) is 2.49. The van der Waals surface area contributed by atoms with Gasteiger partial charge in [0.1, 0.15) is 5.82 Å². The van der Waals surface area contributed by atoms with E-state index < -0.39 is 0 Å². The van der Waals surface area contributed by atoms with E-state index in [4.69, 9.17) is 4.98 Å². The molecule has 0 bridgehead atoms. The summed E-state index contributed by atoms with van der Waals surface area (Å²) < 4.78 is 0. The normalized spacial score (nSPS) is 23.6. The lowest BCUT2D eigenvalue weighted by Gasteiger charge is -2.43. The van der Waals surface area contributed by atoms with Crippen LogP contribution in [0.5, 0.6) is 0 Å². The summed E-state index contributed by atoms with van der Waals surface area (Å²) in [6.45, 7) is 13.0. The van der Waals surface area contributed by atoms with Gasteiger partial charge in [0, 0.05) is 37.4 Å². The van der Waals surface area contributed by atoms with Crippen LogP contribution in [0.1, 0.15) is 39.0 Å². The van der Waals surface area contributed by atoms with Gasteiger partial charge in [0.05, 0.1) is 0 Å². The van der Waals surface area contributed by atoms with E-state index in [1.54, 1.807) is 0 Å². The number of pyridine rings is 1. The van der Waals surface area contributed by atoms with E-state index in [0.29, 0.717) is 12.1 Å². The van der Waals surface area contributed by atoms with E-state index in [2.05, 4.69) is 62.0 Å². The molecule has 1 aromatic rings. The first kappa shape index (κ1) is 16.2. The fourth-order valence-electron chi connectivity index (χ4n) is 2.94. The van der Waals surface area contributed by atoms with Crippen LogP contribution in [0.3, 0.4) is 0 Å². The van der Waals surface area contributed by atoms with Crippen molar-refractivity contribution in [2.75, 3.05) is 31.6 Å². The number of piperazine rings is 1. The molecule has 4 nitrogen and oxygen atoms in total. The standard InChI is InChI=1S/C17H30N4/c1-6-16-8-15(10-18-7-2)9-17(19-16)21-11-13(3)20(5)14(4)12-21/h8-9,13-14,18H,6-7,10-12H2,1-5H3. The van der Waals surface area contributed by atoms with E-state index in [0.717, 1.165) is 38.4 Å². The number of hydrogen-bond donors (Lipinski definition) is 1. The fraction of sp³-hybridized carbons (Fsp3) is 0.706. The van der Waals surface area contributed by atoms with Gasteiger partial charge in [0.15, 0.2) is 0 Å². The summed E-state index contributed by atoms with van der Waals surface area (Å²) in [7, 11) is 2.22. The Morgan fingerprint density at radius 1 is 1.19 bits per heavy atom. The second kappa shape index (κ2) is 7.23. The van der Waals surface area contributed by atoms with E-state index >= 15 is 0 Å². The monoisotopic (exact) mass is 290 g/mol. The summed E-state index contributed by atoms with van der Waals surface area (Å²) in [5, 5.41) is 3.42. The molecule has 4 heteroatoms. The molecule has 1 aromatic heterocycles. The van der Waals surface area contributed by atoms with Gasteiger partial charge in [0.2, 0.25) is 0 Å². The number of likely N-dealkylation sites (N-methyl/N-ethyl adjacent to an activating group) is 1. The van der Waals surface area contributed by atoms with E-state index in [1.807, 2.05) is 0 Å². The lowest BCUT2D eigenvalue weighted by atomic mass is 10.1. The van der Waals surface area contributed by atoms with Crippen LogP contribution in [-0.4, -0.2) is 48.6 Å². The molecule has 1 saturated heterocycles. The number of aromatic nitrogens is 1. The fourth-order valence-corrected chi connectivity index (χ4v) is 2.94. The Kier molecular flexibility index (Phi) is 5.59. The predicted octanol–water partition coefficient (Wildman–Crippen LogP) is 2.28. The van der Waals surface area contributed by atoms with Crippen molar-refractivity contribution in [3.8, 4) is 0 Å². The SMILES string of the molecule is CCNCc1cc(CC)nc(N2CC(C)N(C)C(C)C2)c1. The first-order valence-electron chi connectivity index (χ1n) is 8.22. The third-order valence-electron chi connectivity index (χ3n) is 4.55. The third kappa shape index (κ3) is 3.95. The Hall–Kier alpha value is -1.13. The molecular weight excluding hydrogens is 260 g/mol. The van der Waals surface area contributed by atoms with Crippen molar-refractivity contribution in [2.24, 2.45) is 0 Å². The van der Waals surface area contributed by atoms with Gasteiger partial charge >= 0.3 is 0 Å². The van der Waals surface area contributed by atoms with Gasteiger partial charge in [-0.15, -0.1) is 0 Å². The van der Waals surface area contributed by atoms with Gasteiger partial charge in [0.25, 0.3) is 0 Å². The molecule has 2 rings (SSSR count). The molecule has 2 atom stereocenters. The molecule has 1 fully saturated rings. The largest absolute Gasteiger partial charge is 0.353 e. The smallest absolute Gasteiger partial charge is 0.129 e. The summed E-state index contributed by atoms with van der Waals surface area (Å²) >= 11 is 0. The maximum Gasteiger partial charge on any atom is 0.129 e. The quantitative estimate of drug-likeness (QED) is 0.901. The maximum absolute atomic E-state index is 4.86. The number of aryl methyl sites for hydroxylation is 1. The zero-order valence-electron chi connectivity index (χ0n) is 14.2. The van der Waals surface area contributed by atoms with Crippen LogP contribution < -0.4 is 10.2 Å². The molecule has 1 aliphatic rings. The van der Waals surface area contributed by atoms with Crippen molar-refractivity contribution in [3.05, 3.63) is 23.4 Å². The molecule has 0 amide bonds. The van der Waals surface area contributed by atoms with Gasteiger partial charge in [-0.05, 0) is 51.6 Å². The molecule has 0 aliphatic carbocycles. The number of hydrogen-bond acceptors (Lipinski definition) is 4. The Balaban J connectivity index is 2.21. The predicted molar refractivity (Wildman–Crippen MR) is 89.9 cm³/mol. The van der Waals surface area contributed by atoms with Gasteiger partial charge < -0.3 is 10.2 Å². The van der Waals surface area contributed by atoms with Crippen molar-refractivity contribution in [3.63, 3.8) is 0 Å². The number of nitrogens with zero attached hydrogens (tertiary/aromatic N) is 3. The van der Waals surface area contributed by atoms with Crippen LogP contribution in [0.15, 0.2) is 12.1 Å². The molecule has 2 unspecified atom stereocenters. The van der Waals surface area contributed by atoms with Crippen molar-refractivity contribution in [1.82, 2.24) is 15.2 Å². The number of nitrogens with one attached hydrogen (secondary N) is 1. The van der Waals surface area contributed by atoms with Crippen LogP contribution in [0.2, 0.25) is 0 Å². The van der Waals surface area contributed by atoms with Crippen LogP contribution in [0.25, 0.3) is 0 Å². The summed E-state index contributed by atoms with van der Waals surface area (Å²) in [4.78, 5) is 9.76. The van der Waals surface area contributed by atoms with Crippen LogP contribution in [-0.2, 0) is 13.0 Å². The molecule has 1 aliphatic heterocycles. The summed E-state index contributed by atoms with van der Waals surface area (Å²) in [6, 6.07) is 5.62. The molecule has 0 aromatic carbocycles. The maximum atomic E-state index is 4.86. The molecular formula is C17H30N4. The van der Waals surface area contributed by atoms with Crippen LogP contribution >= 0.6 is 0 Å². The van der Waals surface area contributed by atoms with Gasteiger partial charge in [-0.25, -0.2) is 4.98 Å². The molecule has 0 radical (unpaired) electrons. The summed E-state index contributed by atoms with van der Waals surface area (Å²) in [6.07, 6.45) is 0.992. The van der Waals surface area contributed by atoms with Crippen molar-refractivity contribution >= 4 is 5.82 Å². The molecule has 21 heavy (non-hydrogen) atoms. The van der Waals surface area contributed by atoms with Crippen molar-refractivity contribution < 1.29 is 0 Å². The number of rotatable bonds is 5. The summed E-state index contributed by atoms with van der Waals surface area (Å²) in [5.41, 5.74) is 2.54. The summed E-state index contributed by atoms with van der Waals surface area (Å²) in [5.74, 6) is 1.15. The molecule has 118 valence electrons. The minimum Gasteiger partial charge on any atom is -0.353 e. The lowest BCUT2D eigenvalue weighted by Crippen LogP contribution is -2.55. The van der Waals surface area contributed by atoms with Gasteiger partial charge in [-0.3, -0.25) is 4.90 Å². The Morgan fingerprint density at radius 2 is 1.86 bits per heavy atom. The zero-order chi connectivity index (χ0) is 15.4. The number of anilines is 1. The first-order chi connectivity index (χ1) is 10.0. The highest BCUT2D eigenvalue weighted by molar-refractivity contribution is 5.44. The van der Waals surface area contributed by atoms with E-state index in [9.17, 15) is 0 Å². The minimum absolute atomic E-state index is 0.568. The Bertz CT molecular complexity index is 448. The second-order valence-electron chi connectivity index (χ2n) is 6.23. The Labute approximate surface area is 129 Å². The third-order valence-corrected chi connectivity index (χ3v) is 4.55. The minimum atomic E-state index is 0.568. The first-order valence-corrected chi connectivity index (χ1v) is 8.22. The molecule has 1 N–H and O–H groups in total. The highest BCUT2D eigenvalue weighted by Crippen LogP contribution is 2.21. The topological polar surface area (TPSA) is 31.4 Å². The molecule has 0 spiro atoms.